The summed E-state index contributed by atoms with van der Waals surface area (Å²) >= 11 is 6.05. The number of hydrogen-bond donors (Lipinski definition) is 0. The Balaban J connectivity index is 2.15. The fraction of sp³-hybridized carbons (Fsp3) is 0.467. The number of fused-ring (bicyclic) bond motifs is 1. The molecule has 3 rings (SSSR count). The van der Waals surface area contributed by atoms with Crippen LogP contribution < -0.4 is 0 Å². The van der Waals surface area contributed by atoms with Crippen molar-refractivity contribution in [1.29, 1.82) is 0 Å². The molecule has 0 saturated carbocycles. The van der Waals surface area contributed by atoms with Crippen molar-refractivity contribution in [3.63, 3.8) is 0 Å². The van der Waals surface area contributed by atoms with Crippen LogP contribution in [0.25, 0.3) is 11.0 Å². The quantitative estimate of drug-likeness (QED) is 0.637. The highest BCUT2D eigenvalue weighted by molar-refractivity contribution is 6.16. The number of methoxy groups -OCH3 is 2. The molecule has 7 heteroatoms. The molecule has 0 radical (unpaired) electrons. The predicted molar refractivity (Wildman–Crippen MR) is 81.3 cm³/mol. The molecule has 1 aromatic heterocycles. The molecule has 0 bridgehead atoms. The average Bonchev–Trinajstić information content (AvgIpc) is 3.15. The summed E-state index contributed by atoms with van der Waals surface area (Å²) in [5.74, 6) is 0.624. The van der Waals surface area contributed by atoms with Crippen LogP contribution in [0.1, 0.15) is 22.2 Å². The lowest BCUT2D eigenvalue weighted by atomic mass is 10.1. The molecule has 6 nitrogen and oxygen atoms in total. The maximum Gasteiger partial charge on any atom is 0.337 e. The van der Waals surface area contributed by atoms with Crippen molar-refractivity contribution in [3.8, 4) is 0 Å². The molecule has 2 atom stereocenters. The Kier molecular flexibility index (Phi) is 4.33. The summed E-state index contributed by atoms with van der Waals surface area (Å²) in [6, 6.07) is 5.25. The topological polar surface area (TPSA) is 62.6 Å². The van der Waals surface area contributed by atoms with Crippen LogP contribution in [0.5, 0.6) is 0 Å². The molecule has 1 saturated heterocycles. The minimum Gasteiger partial charge on any atom is -0.465 e. The van der Waals surface area contributed by atoms with Crippen LogP contribution in [0, 0.1) is 0 Å². The molecular weight excluding hydrogens is 308 g/mol. The van der Waals surface area contributed by atoms with E-state index in [-0.39, 0.29) is 24.0 Å². The van der Waals surface area contributed by atoms with Crippen molar-refractivity contribution in [2.75, 3.05) is 27.4 Å². The standard InChI is InChI=1S/C15H17ClN2O4/c1-20-13-8-22-7-12(13)18-11-5-9(15(19)21-2)3-4-10(11)17-14(18)6-16/h3-5,12-13H,6-8H2,1-2H3. The van der Waals surface area contributed by atoms with Gasteiger partial charge in [-0.2, -0.15) is 0 Å². The summed E-state index contributed by atoms with van der Waals surface area (Å²) in [5.41, 5.74) is 2.09. The zero-order chi connectivity index (χ0) is 15.7. The number of ether oxygens (including phenoxy) is 3. The van der Waals surface area contributed by atoms with Crippen LogP contribution in [0.4, 0.5) is 0 Å². The van der Waals surface area contributed by atoms with Crippen LogP contribution in [0.2, 0.25) is 0 Å². The molecule has 0 amide bonds. The van der Waals surface area contributed by atoms with Gasteiger partial charge in [0.1, 0.15) is 11.9 Å². The second kappa shape index (κ2) is 6.24. The van der Waals surface area contributed by atoms with Crippen LogP contribution in [0.15, 0.2) is 18.2 Å². The molecule has 2 unspecified atom stereocenters. The van der Waals surface area contributed by atoms with E-state index in [1.54, 1.807) is 25.3 Å². The van der Waals surface area contributed by atoms with Crippen LogP contribution >= 0.6 is 11.6 Å². The Morgan fingerprint density at radius 2 is 2.27 bits per heavy atom. The van der Waals surface area contributed by atoms with Gasteiger partial charge in [-0.3, -0.25) is 0 Å². The van der Waals surface area contributed by atoms with E-state index in [1.807, 2.05) is 4.57 Å². The number of carbonyl (C=O) groups is 1. The van der Waals surface area contributed by atoms with Crippen molar-refractivity contribution < 1.29 is 19.0 Å². The first-order chi connectivity index (χ1) is 10.7. The molecule has 1 aliphatic heterocycles. The smallest absolute Gasteiger partial charge is 0.337 e. The lowest BCUT2D eigenvalue weighted by Gasteiger charge is -2.20. The molecule has 22 heavy (non-hydrogen) atoms. The first-order valence-electron chi connectivity index (χ1n) is 6.95. The lowest BCUT2D eigenvalue weighted by molar-refractivity contribution is 0.0601. The van der Waals surface area contributed by atoms with Crippen LogP contribution in [-0.4, -0.2) is 49.1 Å². The van der Waals surface area contributed by atoms with Crippen molar-refractivity contribution >= 4 is 28.6 Å². The van der Waals surface area contributed by atoms with Gasteiger partial charge in [0.2, 0.25) is 0 Å². The molecule has 0 aliphatic carbocycles. The van der Waals surface area contributed by atoms with Crippen molar-refractivity contribution in [1.82, 2.24) is 9.55 Å². The lowest BCUT2D eigenvalue weighted by Crippen LogP contribution is -2.25. The number of nitrogens with zero attached hydrogens (tertiary/aromatic N) is 2. The van der Waals surface area contributed by atoms with Crippen molar-refractivity contribution in [2.45, 2.75) is 18.0 Å². The van der Waals surface area contributed by atoms with Gasteiger partial charge in [0.15, 0.2) is 0 Å². The maximum atomic E-state index is 11.8. The third-order valence-corrected chi connectivity index (χ3v) is 4.18. The zero-order valence-electron chi connectivity index (χ0n) is 12.4. The molecule has 118 valence electrons. The third-order valence-electron chi connectivity index (χ3n) is 3.94. The molecular formula is C15H17ClN2O4. The molecule has 0 N–H and O–H groups in total. The largest absolute Gasteiger partial charge is 0.465 e. The van der Waals surface area contributed by atoms with E-state index in [0.717, 1.165) is 16.9 Å². The third kappa shape index (κ3) is 2.47. The average molecular weight is 325 g/mol. The summed E-state index contributed by atoms with van der Waals surface area (Å²) in [6.07, 6.45) is -0.0684. The first kappa shape index (κ1) is 15.3. The summed E-state index contributed by atoms with van der Waals surface area (Å²) in [6.45, 7) is 1.05. The minimum absolute atomic E-state index is 0.0170. The molecule has 2 heterocycles. The van der Waals surface area contributed by atoms with E-state index < -0.39 is 0 Å². The molecule has 2 aromatic rings. The first-order valence-corrected chi connectivity index (χ1v) is 7.48. The number of aromatic nitrogens is 2. The number of hydrogen-bond acceptors (Lipinski definition) is 5. The van der Waals surface area contributed by atoms with Gasteiger partial charge in [-0.05, 0) is 18.2 Å². The van der Waals surface area contributed by atoms with Gasteiger partial charge in [0, 0.05) is 7.11 Å². The van der Waals surface area contributed by atoms with Crippen LogP contribution in [0.3, 0.4) is 0 Å². The number of benzene rings is 1. The summed E-state index contributed by atoms with van der Waals surface area (Å²) < 4.78 is 17.8. The Hall–Kier alpha value is -1.63. The van der Waals surface area contributed by atoms with Gasteiger partial charge in [-0.15, -0.1) is 11.6 Å². The molecule has 1 aliphatic rings. The van der Waals surface area contributed by atoms with Gasteiger partial charge in [-0.1, -0.05) is 0 Å². The highest BCUT2D eigenvalue weighted by atomic mass is 35.5. The Bertz CT molecular complexity index is 700. The summed E-state index contributed by atoms with van der Waals surface area (Å²) in [4.78, 5) is 16.3. The highest BCUT2D eigenvalue weighted by Gasteiger charge is 2.32. The molecule has 0 spiro atoms. The number of halogens is 1. The minimum atomic E-state index is -0.381. The number of imidazole rings is 1. The highest BCUT2D eigenvalue weighted by Crippen LogP contribution is 2.30. The summed E-state index contributed by atoms with van der Waals surface area (Å²) in [7, 11) is 3.02. The normalized spacial score (nSPS) is 21.4. The van der Waals surface area contributed by atoms with Crippen LogP contribution in [-0.2, 0) is 20.1 Å². The van der Waals surface area contributed by atoms with E-state index in [9.17, 15) is 4.79 Å². The number of carbonyl (C=O) groups excluding carboxylic acids is 1. The zero-order valence-corrected chi connectivity index (χ0v) is 13.2. The van der Waals surface area contributed by atoms with Gasteiger partial charge in [-0.25, -0.2) is 9.78 Å². The maximum absolute atomic E-state index is 11.8. The van der Waals surface area contributed by atoms with E-state index in [1.165, 1.54) is 7.11 Å². The fourth-order valence-corrected chi connectivity index (χ4v) is 3.03. The van der Waals surface area contributed by atoms with E-state index in [0.29, 0.717) is 18.8 Å². The van der Waals surface area contributed by atoms with E-state index >= 15 is 0 Å². The van der Waals surface area contributed by atoms with Gasteiger partial charge in [0.25, 0.3) is 0 Å². The van der Waals surface area contributed by atoms with Gasteiger partial charge in [0.05, 0.1) is 48.8 Å². The fourth-order valence-electron chi connectivity index (χ4n) is 2.84. The molecule has 1 aromatic carbocycles. The van der Waals surface area contributed by atoms with E-state index in [4.69, 9.17) is 25.8 Å². The Labute approximate surface area is 132 Å². The van der Waals surface area contributed by atoms with E-state index in [2.05, 4.69) is 4.98 Å². The number of rotatable bonds is 4. The van der Waals surface area contributed by atoms with Crippen molar-refractivity contribution in [3.05, 3.63) is 29.6 Å². The van der Waals surface area contributed by atoms with Gasteiger partial charge >= 0.3 is 5.97 Å². The second-order valence-corrected chi connectivity index (χ2v) is 5.37. The van der Waals surface area contributed by atoms with Crippen molar-refractivity contribution in [2.24, 2.45) is 0 Å². The second-order valence-electron chi connectivity index (χ2n) is 5.11. The molecule has 1 fully saturated rings. The SMILES string of the molecule is COC(=O)c1ccc2nc(CCl)n(C3COCC3OC)c2c1. The van der Waals surface area contributed by atoms with Gasteiger partial charge < -0.3 is 18.8 Å². The number of alkyl halides is 1. The monoisotopic (exact) mass is 324 g/mol. The Morgan fingerprint density at radius 1 is 1.45 bits per heavy atom. The summed E-state index contributed by atoms with van der Waals surface area (Å²) in [5, 5.41) is 0. The Morgan fingerprint density at radius 3 is 2.95 bits per heavy atom. The predicted octanol–water partition coefficient (Wildman–Crippen LogP) is 2.15. The number of esters is 1.